The predicted octanol–water partition coefficient (Wildman–Crippen LogP) is 2.92. The number of benzene rings is 2. The normalized spacial score (nSPS) is 13.5. The highest BCUT2D eigenvalue weighted by Gasteiger charge is 2.24. The van der Waals surface area contributed by atoms with E-state index in [1.807, 2.05) is 42.5 Å². The maximum absolute atomic E-state index is 12.3. The Morgan fingerprint density at radius 2 is 1.86 bits per heavy atom. The Hall–Kier alpha value is -2.62. The number of carbonyl (C=O) groups is 2. The lowest BCUT2D eigenvalue weighted by Crippen LogP contribution is -2.39. The number of ether oxygens (including phenoxy) is 1. The molecule has 0 aliphatic carbocycles. The molecule has 1 aliphatic heterocycles. The number of para-hydroxylation sites is 1. The van der Waals surface area contributed by atoms with Crippen LogP contribution in [0.2, 0.25) is 0 Å². The van der Waals surface area contributed by atoms with Gasteiger partial charge in [-0.15, -0.1) is 0 Å². The van der Waals surface area contributed by atoms with Crippen LogP contribution in [-0.4, -0.2) is 30.4 Å². The number of hydrogen-bond donors (Lipinski definition) is 0. The second kappa shape index (κ2) is 6.43. The van der Waals surface area contributed by atoms with Crippen molar-refractivity contribution < 1.29 is 14.3 Å². The lowest BCUT2D eigenvalue weighted by molar-refractivity contribution is 0.0519. The highest BCUT2D eigenvalue weighted by Crippen LogP contribution is 2.24. The second-order valence-electron chi connectivity index (χ2n) is 5.30. The second-order valence-corrected chi connectivity index (χ2v) is 5.30. The molecule has 2 aromatic rings. The van der Waals surface area contributed by atoms with Crippen LogP contribution in [0.15, 0.2) is 48.5 Å². The number of aldehydes is 1. The Kier molecular flexibility index (Phi) is 4.19. The van der Waals surface area contributed by atoms with E-state index < -0.39 is 0 Å². The smallest absolute Gasteiger partial charge is 0.260 e. The molecule has 1 amide bonds. The maximum atomic E-state index is 12.3. The largest absolute Gasteiger partial charge is 0.472 e. The highest BCUT2D eigenvalue weighted by atomic mass is 16.5. The van der Waals surface area contributed by atoms with Gasteiger partial charge in [-0.25, -0.2) is 0 Å². The number of rotatable bonds is 5. The summed E-state index contributed by atoms with van der Waals surface area (Å²) in [6.07, 6.45) is 2.56. The minimum Gasteiger partial charge on any atom is -0.472 e. The number of fused-ring (bicyclic) bond motifs is 1. The maximum Gasteiger partial charge on any atom is 0.260 e. The average molecular weight is 295 g/mol. The highest BCUT2D eigenvalue weighted by molar-refractivity contribution is 5.97. The molecular weight excluding hydrogens is 278 g/mol. The SMILES string of the molecule is O=Cc1ccc(CCCN2COc3ccccc3C2=O)cc1. The molecule has 0 saturated heterocycles. The number of hydrogen-bond acceptors (Lipinski definition) is 3. The zero-order chi connectivity index (χ0) is 15.4. The van der Waals surface area contributed by atoms with Crippen LogP contribution < -0.4 is 4.74 Å². The Morgan fingerprint density at radius 1 is 1.09 bits per heavy atom. The summed E-state index contributed by atoms with van der Waals surface area (Å²) in [6.45, 7) is 0.961. The van der Waals surface area contributed by atoms with Crippen molar-refractivity contribution >= 4 is 12.2 Å². The van der Waals surface area contributed by atoms with Gasteiger partial charge in [0.15, 0.2) is 6.73 Å². The van der Waals surface area contributed by atoms with Crippen molar-refractivity contribution in [2.45, 2.75) is 12.8 Å². The van der Waals surface area contributed by atoms with Gasteiger partial charge >= 0.3 is 0 Å². The van der Waals surface area contributed by atoms with Gasteiger partial charge in [0.2, 0.25) is 0 Å². The third kappa shape index (κ3) is 3.01. The fraction of sp³-hybridized carbons (Fsp3) is 0.222. The van der Waals surface area contributed by atoms with Crippen molar-refractivity contribution in [3.8, 4) is 5.75 Å². The Balaban J connectivity index is 1.56. The lowest BCUT2D eigenvalue weighted by Gasteiger charge is -2.28. The molecule has 0 unspecified atom stereocenters. The third-order valence-electron chi connectivity index (χ3n) is 3.79. The minimum atomic E-state index is 0.0261. The van der Waals surface area contributed by atoms with Gasteiger partial charge in [0, 0.05) is 12.1 Å². The molecule has 4 nitrogen and oxygen atoms in total. The molecule has 2 aromatic carbocycles. The number of nitrogens with zero attached hydrogens (tertiary/aromatic N) is 1. The van der Waals surface area contributed by atoms with Crippen LogP contribution in [0.3, 0.4) is 0 Å². The molecule has 0 spiro atoms. The van der Waals surface area contributed by atoms with E-state index in [4.69, 9.17) is 4.74 Å². The molecule has 0 atom stereocenters. The first-order chi connectivity index (χ1) is 10.8. The van der Waals surface area contributed by atoms with Gasteiger partial charge in [-0.05, 0) is 30.5 Å². The molecule has 0 saturated carbocycles. The lowest BCUT2D eigenvalue weighted by atomic mass is 10.1. The van der Waals surface area contributed by atoms with E-state index in [1.165, 1.54) is 0 Å². The van der Waals surface area contributed by atoms with E-state index in [-0.39, 0.29) is 5.91 Å². The van der Waals surface area contributed by atoms with E-state index in [0.29, 0.717) is 30.2 Å². The molecule has 1 heterocycles. The summed E-state index contributed by atoms with van der Waals surface area (Å²) < 4.78 is 5.61. The molecule has 112 valence electrons. The first-order valence-corrected chi connectivity index (χ1v) is 7.33. The average Bonchev–Trinajstić information content (AvgIpc) is 2.58. The minimum absolute atomic E-state index is 0.0261. The van der Waals surface area contributed by atoms with Gasteiger partial charge in [-0.1, -0.05) is 36.4 Å². The molecule has 0 bridgehead atoms. The van der Waals surface area contributed by atoms with Crippen molar-refractivity contribution in [1.29, 1.82) is 0 Å². The van der Waals surface area contributed by atoms with Gasteiger partial charge < -0.3 is 9.64 Å². The van der Waals surface area contributed by atoms with Crippen LogP contribution in [0, 0.1) is 0 Å². The summed E-state index contributed by atoms with van der Waals surface area (Å²) in [5.74, 6) is 0.686. The summed E-state index contributed by atoms with van der Waals surface area (Å²) in [7, 11) is 0. The van der Waals surface area contributed by atoms with Crippen molar-refractivity contribution in [1.82, 2.24) is 4.90 Å². The molecule has 0 fully saturated rings. The summed E-state index contributed by atoms with van der Waals surface area (Å²) >= 11 is 0. The van der Waals surface area contributed by atoms with E-state index in [1.54, 1.807) is 11.0 Å². The van der Waals surface area contributed by atoms with Crippen LogP contribution >= 0.6 is 0 Å². The van der Waals surface area contributed by atoms with Crippen molar-refractivity contribution in [2.75, 3.05) is 13.3 Å². The molecule has 22 heavy (non-hydrogen) atoms. The third-order valence-corrected chi connectivity index (χ3v) is 3.79. The van der Waals surface area contributed by atoms with Crippen molar-refractivity contribution in [2.24, 2.45) is 0 Å². The number of amides is 1. The fourth-order valence-electron chi connectivity index (χ4n) is 2.55. The van der Waals surface area contributed by atoms with Gasteiger partial charge in [0.25, 0.3) is 5.91 Å². The van der Waals surface area contributed by atoms with E-state index >= 15 is 0 Å². The predicted molar refractivity (Wildman–Crippen MR) is 83.1 cm³/mol. The van der Waals surface area contributed by atoms with Crippen LogP contribution in [0.1, 0.15) is 32.7 Å². The topological polar surface area (TPSA) is 46.6 Å². The van der Waals surface area contributed by atoms with Crippen molar-refractivity contribution in [3.63, 3.8) is 0 Å². The van der Waals surface area contributed by atoms with E-state index in [0.717, 1.165) is 24.7 Å². The Bertz CT molecular complexity index is 679. The van der Waals surface area contributed by atoms with Crippen molar-refractivity contribution in [3.05, 3.63) is 65.2 Å². The summed E-state index contributed by atoms with van der Waals surface area (Å²) in [6, 6.07) is 14.9. The van der Waals surface area contributed by atoms with E-state index in [2.05, 4.69) is 0 Å². The number of aryl methyl sites for hydroxylation is 1. The van der Waals surface area contributed by atoms with Gasteiger partial charge in [0.1, 0.15) is 12.0 Å². The number of carbonyl (C=O) groups excluding carboxylic acids is 2. The quantitative estimate of drug-likeness (QED) is 0.797. The molecule has 4 heteroatoms. The summed E-state index contributed by atoms with van der Waals surface area (Å²) in [4.78, 5) is 24.7. The Morgan fingerprint density at radius 3 is 2.64 bits per heavy atom. The fourth-order valence-corrected chi connectivity index (χ4v) is 2.55. The molecule has 0 radical (unpaired) electrons. The molecule has 3 rings (SSSR count). The first kappa shape index (κ1) is 14.3. The van der Waals surface area contributed by atoms with E-state index in [9.17, 15) is 9.59 Å². The van der Waals surface area contributed by atoms with Crippen LogP contribution in [0.4, 0.5) is 0 Å². The molecular formula is C18H17NO3. The molecule has 0 aromatic heterocycles. The van der Waals surface area contributed by atoms with Gasteiger partial charge in [0.05, 0.1) is 5.56 Å². The van der Waals surface area contributed by atoms with Crippen LogP contribution in [-0.2, 0) is 6.42 Å². The monoisotopic (exact) mass is 295 g/mol. The standard InChI is InChI=1S/C18H17NO3/c20-12-15-9-7-14(8-10-15)4-3-11-19-13-22-17-6-2-1-5-16(17)18(19)21/h1-2,5-10,12H,3-4,11,13H2. The van der Waals surface area contributed by atoms with Gasteiger partial charge in [-0.2, -0.15) is 0 Å². The molecule has 0 N–H and O–H groups in total. The zero-order valence-electron chi connectivity index (χ0n) is 12.2. The summed E-state index contributed by atoms with van der Waals surface area (Å²) in [5.41, 5.74) is 2.47. The van der Waals surface area contributed by atoms with Gasteiger partial charge in [-0.3, -0.25) is 9.59 Å². The Labute approximate surface area is 129 Å². The first-order valence-electron chi connectivity index (χ1n) is 7.33. The van der Waals surface area contributed by atoms with Crippen LogP contribution in [0.25, 0.3) is 0 Å². The zero-order valence-corrected chi connectivity index (χ0v) is 12.2. The van der Waals surface area contributed by atoms with Crippen LogP contribution in [0.5, 0.6) is 5.75 Å². The molecule has 1 aliphatic rings. The summed E-state index contributed by atoms with van der Waals surface area (Å²) in [5, 5.41) is 0.